The van der Waals surface area contributed by atoms with E-state index in [0.717, 1.165) is 95.7 Å². The number of aromatic nitrogens is 1. The third-order valence-corrected chi connectivity index (χ3v) is 18.7. The van der Waals surface area contributed by atoms with E-state index in [0.29, 0.717) is 0 Å². The second kappa shape index (κ2) is 21.4. The molecular weight excluding hydrogens is 1080 g/mol. The zero-order valence-electron chi connectivity index (χ0n) is 50.3. The molecule has 1 heterocycles. The Kier molecular flexibility index (Phi) is 12.8. The molecule has 0 bridgehead atoms. The van der Waals surface area contributed by atoms with Crippen LogP contribution in [0.15, 0.2) is 322 Å². The largest absolute Gasteiger partial charge is 0.310 e. The molecule has 5 nitrogen and oxygen atoms in total. The van der Waals surface area contributed by atoms with Crippen LogP contribution >= 0.6 is 0 Å². The highest BCUT2D eigenvalue weighted by Crippen LogP contribution is 2.53. The lowest BCUT2D eigenvalue weighted by molar-refractivity contribution is 0.660. The lowest BCUT2D eigenvalue weighted by Crippen LogP contribution is -2.16. The first-order chi connectivity index (χ1) is 43.7. The van der Waals surface area contributed by atoms with E-state index >= 15 is 0 Å². The maximum absolute atomic E-state index is 2.41. The van der Waals surface area contributed by atoms with E-state index in [9.17, 15) is 0 Å². The Balaban J connectivity index is 0.801. The first kappa shape index (κ1) is 53.3. The van der Waals surface area contributed by atoms with Crippen molar-refractivity contribution in [2.75, 3.05) is 19.6 Å². The maximum Gasteiger partial charge on any atom is 0.0542 e. The summed E-state index contributed by atoms with van der Waals surface area (Å²) >= 11 is 0. The zero-order chi connectivity index (χ0) is 59.8. The van der Waals surface area contributed by atoms with Crippen molar-refractivity contribution in [1.29, 1.82) is 0 Å². The summed E-state index contributed by atoms with van der Waals surface area (Å²) in [7, 11) is 0. The van der Waals surface area contributed by atoms with Gasteiger partial charge in [-0.1, -0.05) is 179 Å². The minimum atomic E-state index is -0.128. The molecule has 16 rings (SSSR count). The molecule has 13 aromatic carbocycles. The molecule has 89 heavy (non-hydrogen) atoms. The van der Waals surface area contributed by atoms with Gasteiger partial charge in [0.05, 0.1) is 11.0 Å². The van der Waals surface area contributed by atoms with Crippen molar-refractivity contribution in [2.45, 2.75) is 38.5 Å². The number of hydrogen-bond donors (Lipinski definition) is 0. The van der Waals surface area contributed by atoms with Crippen LogP contribution in [0.5, 0.6) is 0 Å². The first-order valence-electron chi connectivity index (χ1n) is 30.9. The number of anilines is 12. The first-order valence-corrected chi connectivity index (χ1v) is 30.9. The van der Waals surface area contributed by atoms with Gasteiger partial charge in [0.1, 0.15) is 0 Å². The third-order valence-electron chi connectivity index (χ3n) is 18.7. The highest BCUT2D eigenvalue weighted by atomic mass is 15.2. The van der Waals surface area contributed by atoms with Gasteiger partial charge in [-0.05, 0) is 214 Å². The number of benzene rings is 13. The molecule has 0 radical (unpaired) electrons. The SMILES string of the molecule is CC1(C)c2ccccc2-c2ccc(N(c3ccccc3)c3ccc(N(c4ccccc4)c4ccc5c(c4)c4cc(N(c6ccccc6)c6ccc(N(c7ccccc7)c7ccc8c(c7)C(C)(C)c7ccccc7-8)cc6)ccc4n5-c4ccccc4)cc3)cc21. The van der Waals surface area contributed by atoms with Crippen molar-refractivity contribution in [2.24, 2.45) is 0 Å². The molecule has 0 amide bonds. The van der Waals surface area contributed by atoms with E-state index in [1.165, 1.54) is 44.5 Å². The van der Waals surface area contributed by atoms with Crippen LogP contribution in [-0.2, 0) is 10.8 Å². The van der Waals surface area contributed by atoms with Crippen LogP contribution in [0.4, 0.5) is 68.2 Å². The Morgan fingerprint density at radius 3 is 0.798 bits per heavy atom. The van der Waals surface area contributed by atoms with E-state index in [-0.39, 0.29) is 10.8 Å². The smallest absolute Gasteiger partial charge is 0.0542 e. The maximum atomic E-state index is 2.41. The predicted molar refractivity (Wildman–Crippen MR) is 375 cm³/mol. The lowest BCUT2D eigenvalue weighted by atomic mass is 9.82. The minimum Gasteiger partial charge on any atom is -0.310 e. The van der Waals surface area contributed by atoms with Gasteiger partial charge in [0.15, 0.2) is 0 Å². The van der Waals surface area contributed by atoms with Crippen molar-refractivity contribution in [3.63, 3.8) is 0 Å². The van der Waals surface area contributed by atoms with E-state index in [1.807, 2.05) is 0 Å². The number of hydrogen-bond acceptors (Lipinski definition) is 4. The molecule has 0 saturated carbocycles. The van der Waals surface area contributed by atoms with Crippen LogP contribution in [-0.4, -0.2) is 4.57 Å². The second-order valence-electron chi connectivity index (χ2n) is 24.6. The fourth-order valence-electron chi connectivity index (χ4n) is 14.4. The summed E-state index contributed by atoms with van der Waals surface area (Å²) in [6, 6.07) is 118. The van der Waals surface area contributed by atoms with Crippen LogP contribution < -0.4 is 19.6 Å². The van der Waals surface area contributed by atoms with Crippen LogP contribution in [0.1, 0.15) is 49.9 Å². The summed E-state index contributed by atoms with van der Waals surface area (Å²) in [5.41, 5.74) is 26.8. The molecule has 0 N–H and O–H groups in total. The lowest BCUT2D eigenvalue weighted by Gasteiger charge is -2.29. The molecule has 1 aromatic heterocycles. The molecular formula is C84H65N5. The molecule has 5 heteroatoms. The van der Waals surface area contributed by atoms with Crippen LogP contribution in [0.25, 0.3) is 49.7 Å². The number of rotatable bonds is 13. The molecule has 0 atom stereocenters. The monoisotopic (exact) mass is 1140 g/mol. The summed E-state index contributed by atoms with van der Waals surface area (Å²) in [5.74, 6) is 0. The standard InChI is InChI=1S/C84H65N5/c1-83(2)77-36-22-20-34-71(77)73-50-46-69(56-79(73)83)87(60-28-14-7-15-29-60)65-42-38-63(39-43-65)85(58-24-10-5-11-25-58)67-48-52-81-75(54-67)76-55-68(49-53-82(76)89(81)62-32-18-9-19-33-62)86(59-26-12-6-13-27-59)64-40-44-66(45-41-64)88(61-30-16-8-17-31-61)70-47-51-74-72-35-21-23-37-78(72)84(3,4)80(74)57-70/h5-57H,1-4H3. The van der Waals surface area contributed by atoms with Crippen molar-refractivity contribution < 1.29 is 0 Å². The Morgan fingerprint density at radius 1 is 0.213 bits per heavy atom. The fourth-order valence-corrected chi connectivity index (χ4v) is 14.4. The topological polar surface area (TPSA) is 17.9 Å². The molecule has 14 aromatic rings. The molecule has 2 aliphatic rings. The summed E-state index contributed by atoms with van der Waals surface area (Å²) < 4.78 is 2.41. The van der Waals surface area contributed by atoms with Crippen LogP contribution in [0.3, 0.4) is 0 Å². The van der Waals surface area contributed by atoms with E-state index in [2.05, 4.69) is 373 Å². The van der Waals surface area contributed by atoms with Gasteiger partial charge in [0.25, 0.3) is 0 Å². The Morgan fingerprint density at radius 2 is 0.461 bits per heavy atom. The summed E-state index contributed by atoms with van der Waals surface area (Å²) in [6.45, 7) is 9.41. The minimum absolute atomic E-state index is 0.128. The zero-order valence-corrected chi connectivity index (χ0v) is 50.3. The average molecular weight is 1140 g/mol. The van der Waals surface area contributed by atoms with Gasteiger partial charge in [0, 0.05) is 95.5 Å². The molecule has 0 saturated heterocycles. The Labute approximate surface area is 521 Å². The third kappa shape index (κ3) is 8.99. The second-order valence-corrected chi connectivity index (χ2v) is 24.6. The van der Waals surface area contributed by atoms with Gasteiger partial charge in [0.2, 0.25) is 0 Å². The van der Waals surface area contributed by atoms with Crippen molar-refractivity contribution >= 4 is 90.1 Å². The van der Waals surface area contributed by atoms with Crippen LogP contribution in [0.2, 0.25) is 0 Å². The van der Waals surface area contributed by atoms with Gasteiger partial charge >= 0.3 is 0 Å². The van der Waals surface area contributed by atoms with Gasteiger partial charge in [-0.25, -0.2) is 0 Å². The molecule has 0 aliphatic heterocycles. The van der Waals surface area contributed by atoms with Gasteiger partial charge < -0.3 is 24.2 Å². The predicted octanol–water partition coefficient (Wildman–Crippen LogP) is 23.3. The highest BCUT2D eigenvalue weighted by molar-refractivity contribution is 6.12. The summed E-state index contributed by atoms with van der Waals surface area (Å²) in [5, 5.41) is 2.31. The summed E-state index contributed by atoms with van der Waals surface area (Å²) in [4.78, 5) is 9.55. The number of nitrogens with zero attached hydrogens (tertiary/aromatic N) is 5. The molecule has 0 fully saturated rings. The summed E-state index contributed by atoms with van der Waals surface area (Å²) in [6.07, 6.45) is 0. The van der Waals surface area contributed by atoms with E-state index in [4.69, 9.17) is 0 Å². The van der Waals surface area contributed by atoms with Crippen molar-refractivity contribution in [3.8, 4) is 27.9 Å². The molecule has 2 aliphatic carbocycles. The normalized spacial score (nSPS) is 13.1. The molecule has 0 unspecified atom stereocenters. The van der Waals surface area contributed by atoms with Gasteiger partial charge in [-0.2, -0.15) is 0 Å². The molecule has 426 valence electrons. The Hall–Kier alpha value is -11.1. The van der Waals surface area contributed by atoms with Crippen molar-refractivity contribution in [3.05, 3.63) is 344 Å². The quantitative estimate of drug-likeness (QED) is 0.114. The average Bonchev–Trinajstić information content (AvgIpc) is 1.74. The number of para-hydroxylation sites is 5. The Bertz CT molecular complexity index is 4650. The fraction of sp³-hybridized carbons (Fsp3) is 0.0714. The number of fused-ring (bicyclic) bond motifs is 9. The van der Waals surface area contributed by atoms with Crippen molar-refractivity contribution in [1.82, 2.24) is 4.57 Å². The molecule has 0 spiro atoms. The highest BCUT2D eigenvalue weighted by Gasteiger charge is 2.37. The van der Waals surface area contributed by atoms with E-state index < -0.39 is 0 Å². The van der Waals surface area contributed by atoms with Gasteiger partial charge in [-0.15, -0.1) is 0 Å². The van der Waals surface area contributed by atoms with Crippen LogP contribution in [0, 0.1) is 0 Å². The van der Waals surface area contributed by atoms with E-state index in [1.54, 1.807) is 0 Å². The van der Waals surface area contributed by atoms with Gasteiger partial charge in [-0.3, -0.25) is 0 Å².